The topological polar surface area (TPSA) is 102 Å². The Morgan fingerprint density at radius 1 is 1.50 bits per heavy atom. The van der Waals surface area contributed by atoms with Gasteiger partial charge in [-0.05, 0) is 24.6 Å². The van der Waals surface area contributed by atoms with Gasteiger partial charge >= 0.3 is 6.03 Å². The van der Waals surface area contributed by atoms with Crippen LogP contribution in [-0.4, -0.2) is 41.3 Å². The van der Waals surface area contributed by atoms with Gasteiger partial charge in [0, 0.05) is 24.4 Å². The van der Waals surface area contributed by atoms with Crippen molar-refractivity contribution in [1.29, 1.82) is 0 Å². The number of alkyl halides is 1. The van der Waals surface area contributed by atoms with E-state index in [-0.39, 0.29) is 30.2 Å². The standard InChI is InChI=1S/C15H15ClFN3O4/c16-4-1-5-20-13(22)15(19-14(20)23)7-11(12(18)21)24-10-3-2-8(17)6-9(10)15/h2-3,6,11H,1,4-5,7H2,(H2,18,21)(H,19,23)/t11-,15-/m0/s1. The number of halogens is 2. The lowest BCUT2D eigenvalue weighted by Crippen LogP contribution is -2.53. The highest BCUT2D eigenvalue weighted by Gasteiger charge is 2.57. The van der Waals surface area contributed by atoms with E-state index in [1.807, 2.05) is 0 Å². The van der Waals surface area contributed by atoms with Gasteiger partial charge in [0.15, 0.2) is 11.6 Å². The molecule has 4 amide bonds. The molecule has 1 aromatic carbocycles. The summed E-state index contributed by atoms with van der Waals surface area (Å²) in [6.07, 6.45) is -0.885. The zero-order valence-corrected chi connectivity index (χ0v) is 13.3. The van der Waals surface area contributed by atoms with Gasteiger partial charge in [0.05, 0.1) is 0 Å². The van der Waals surface area contributed by atoms with E-state index in [2.05, 4.69) is 5.32 Å². The van der Waals surface area contributed by atoms with Crippen molar-refractivity contribution in [3.63, 3.8) is 0 Å². The van der Waals surface area contributed by atoms with E-state index in [1.165, 1.54) is 6.07 Å². The van der Waals surface area contributed by atoms with Crippen LogP contribution in [0.1, 0.15) is 18.4 Å². The lowest BCUT2D eigenvalue weighted by molar-refractivity contribution is -0.135. The number of rotatable bonds is 4. The average Bonchev–Trinajstić information content (AvgIpc) is 2.77. The smallest absolute Gasteiger partial charge is 0.325 e. The molecule has 3 N–H and O–H groups in total. The van der Waals surface area contributed by atoms with Crippen LogP contribution < -0.4 is 15.8 Å². The third-order valence-corrected chi connectivity index (χ3v) is 4.44. The van der Waals surface area contributed by atoms with Crippen LogP contribution in [0.3, 0.4) is 0 Å². The fourth-order valence-electron chi connectivity index (χ4n) is 3.05. The molecule has 2 aliphatic heterocycles. The zero-order valence-electron chi connectivity index (χ0n) is 12.6. The van der Waals surface area contributed by atoms with Crippen LogP contribution in [0.15, 0.2) is 18.2 Å². The number of nitrogens with zero attached hydrogens (tertiary/aromatic N) is 1. The largest absolute Gasteiger partial charge is 0.480 e. The molecule has 2 heterocycles. The molecular formula is C15H15ClFN3O4. The van der Waals surface area contributed by atoms with E-state index in [0.29, 0.717) is 6.42 Å². The highest BCUT2D eigenvalue weighted by atomic mass is 35.5. The second-order valence-corrected chi connectivity index (χ2v) is 6.07. The first-order valence-corrected chi connectivity index (χ1v) is 7.88. The maximum absolute atomic E-state index is 13.7. The van der Waals surface area contributed by atoms with Gasteiger partial charge in [-0.25, -0.2) is 9.18 Å². The summed E-state index contributed by atoms with van der Waals surface area (Å²) in [5, 5.41) is 2.59. The molecule has 24 heavy (non-hydrogen) atoms. The summed E-state index contributed by atoms with van der Waals surface area (Å²) >= 11 is 5.62. The molecule has 7 nitrogen and oxygen atoms in total. The molecule has 2 atom stereocenters. The summed E-state index contributed by atoms with van der Waals surface area (Å²) in [7, 11) is 0. The third kappa shape index (κ3) is 2.47. The number of amides is 4. The number of benzene rings is 1. The summed E-state index contributed by atoms with van der Waals surface area (Å²) in [6, 6.07) is 2.95. The number of carbonyl (C=O) groups excluding carboxylic acids is 3. The number of primary amides is 1. The maximum Gasteiger partial charge on any atom is 0.325 e. The van der Waals surface area contributed by atoms with Crippen LogP contribution in [0.5, 0.6) is 5.75 Å². The van der Waals surface area contributed by atoms with Crippen molar-refractivity contribution in [3.05, 3.63) is 29.6 Å². The number of nitrogens with two attached hydrogens (primary N) is 1. The van der Waals surface area contributed by atoms with Crippen molar-refractivity contribution in [2.75, 3.05) is 12.4 Å². The van der Waals surface area contributed by atoms with Gasteiger partial charge in [0.25, 0.3) is 11.8 Å². The number of carbonyl (C=O) groups is 3. The minimum atomic E-state index is -1.57. The van der Waals surface area contributed by atoms with E-state index in [4.69, 9.17) is 22.1 Å². The monoisotopic (exact) mass is 355 g/mol. The van der Waals surface area contributed by atoms with Gasteiger partial charge in [-0.1, -0.05) is 0 Å². The highest BCUT2D eigenvalue weighted by Crippen LogP contribution is 2.43. The van der Waals surface area contributed by atoms with E-state index in [1.54, 1.807) is 0 Å². The molecule has 3 rings (SSSR count). The zero-order chi connectivity index (χ0) is 17.5. The molecule has 0 bridgehead atoms. The van der Waals surface area contributed by atoms with E-state index >= 15 is 0 Å². The minimum absolute atomic E-state index is 0.128. The predicted octanol–water partition coefficient (Wildman–Crippen LogP) is 0.838. The van der Waals surface area contributed by atoms with Crippen LogP contribution in [0.25, 0.3) is 0 Å². The molecule has 0 radical (unpaired) electrons. The molecule has 0 unspecified atom stereocenters. The first-order chi connectivity index (χ1) is 11.4. The van der Waals surface area contributed by atoms with Crippen LogP contribution in [-0.2, 0) is 15.1 Å². The predicted molar refractivity (Wildman–Crippen MR) is 81.9 cm³/mol. The van der Waals surface area contributed by atoms with Gasteiger partial charge < -0.3 is 15.8 Å². The summed E-state index contributed by atoms with van der Waals surface area (Å²) in [6.45, 7) is 0.128. The minimum Gasteiger partial charge on any atom is -0.480 e. The second-order valence-electron chi connectivity index (χ2n) is 5.69. The van der Waals surface area contributed by atoms with Crippen LogP contribution in [0.2, 0.25) is 0 Å². The fourth-order valence-corrected chi connectivity index (χ4v) is 3.17. The number of urea groups is 1. The molecule has 1 fully saturated rings. The Kier molecular flexibility index (Phi) is 4.08. The lowest BCUT2D eigenvalue weighted by atomic mass is 9.81. The number of nitrogens with one attached hydrogen (secondary N) is 1. The summed E-state index contributed by atoms with van der Waals surface area (Å²) in [5.74, 6) is -1.51. The Labute approximate surface area is 141 Å². The van der Waals surface area contributed by atoms with Crippen LogP contribution in [0, 0.1) is 5.82 Å². The fraction of sp³-hybridized carbons (Fsp3) is 0.400. The van der Waals surface area contributed by atoms with Crippen molar-refractivity contribution in [2.24, 2.45) is 5.73 Å². The Morgan fingerprint density at radius 2 is 2.25 bits per heavy atom. The molecule has 9 heteroatoms. The Bertz CT molecular complexity index is 729. The van der Waals surface area contributed by atoms with E-state index in [9.17, 15) is 18.8 Å². The molecule has 128 valence electrons. The SMILES string of the molecule is NC(=O)[C@@H]1C[C@]2(NC(=O)N(CCCCl)C2=O)c2cc(F)ccc2O1. The number of fused-ring (bicyclic) bond motifs is 2. The van der Waals surface area contributed by atoms with Gasteiger partial charge in [-0.3, -0.25) is 14.5 Å². The third-order valence-electron chi connectivity index (χ3n) is 4.17. The molecule has 2 aliphatic rings. The highest BCUT2D eigenvalue weighted by molar-refractivity contribution is 6.17. The number of imide groups is 1. The van der Waals surface area contributed by atoms with E-state index < -0.39 is 35.3 Å². The van der Waals surface area contributed by atoms with Gasteiger partial charge in [-0.2, -0.15) is 0 Å². The number of hydrogen-bond donors (Lipinski definition) is 2. The number of hydrogen-bond acceptors (Lipinski definition) is 4. The molecule has 1 aromatic rings. The molecular weight excluding hydrogens is 341 g/mol. The van der Waals surface area contributed by atoms with Gasteiger partial charge in [0.1, 0.15) is 11.6 Å². The second kappa shape index (κ2) is 5.94. The van der Waals surface area contributed by atoms with Crippen LogP contribution >= 0.6 is 11.6 Å². The summed E-state index contributed by atoms with van der Waals surface area (Å²) in [4.78, 5) is 37.7. The summed E-state index contributed by atoms with van der Waals surface area (Å²) in [5.41, 5.74) is 3.91. The number of ether oxygens (including phenoxy) is 1. The molecule has 1 spiro atoms. The van der Waals surface area contributed by atoms with Crippen LogP contribution in [0.4, 0.5) is 9.18 Å². The molecule has 0 saturated carbocycles. The van der Waals surface area contributed by atoms with Crippen molar-refractivity contribution < 1.29 is 23.5 Å². The van der Waals surface area contributed by atoms with Gasteiger partial charge in [0.2, 0.25) is 0 Å². The van der Waals surface area contributed by atoms with E-state index in [0.717, 1.165) is 17.0 Å². The Balaban J connectivity index is 2.08. The Morgan fingerprint density at radius 3 is 2.92 bits per heavy atom. The lowest BCUT2D eigenvalue weighted by Gasteiger charge is -2.36. The van der Waals surface area contributed by atoms with Crippen molar-refractivity contribution in [1.82, 2.24) is 10.2 Å². The van der Waals surface area contributed by atoms with Crippen molar-refractivity contribution in [2.45, 2.75) is 24.5 Å². The quantitative estimate of drug-likeness (QED) is 0.617. The first kappa shape index (κ1) is 16.5. The molecule has 1 saturated heterocycles. The molecule has 0 aliphatic carbocycles. The average molecular weight is 356 g/mol. The van der Waals surface area contributed by atoms with Crippen molar-refractivity contribution >= 4 is 29.4 Å². The summed E-state index contributed by atoms with van der Waals surface area (Å²) < 4.78 is 19.2. The van der Waals surface area contributed by atoms with Crippen molar-refractivity contribution in [3.8, 4) is 5.75 Å². The maximum atomic E-state index is 13.7. The molecule has 0 aromatic heterocycles. The normalized spacial score (nSPS) is 25.4. The van der Waals surface area contributed by atoms with Gasteiger partial charge in [-0.15, -0.1) is 11.6 Å². The first-order valence-electron chi connectivity index (χ1n) is 7.35. The Hall–Kier alpha value is -2.35.